The number of fused-ring (bicyclic) bond motifs is 1. The number of carbonyl (C=O) groups excluding carboxylic acids is 1. The Bertz CT molecular complexity index is 852. The Morgan fingerprint density at radius 1 is 1.27 bits per heavy atom. The van der Waals surface area contributed by atoms with Crippen molar-refractivity contribution in [1.29, 1.82) is 0 Å². The SMILES string of the molecule is COC(=O)Cc1c(C)nc2ccccc2c1-n1ccnc1C. The van der Waals surface area contributed by atoms with Gasteiger partial charge in [0, 0.05) is 29.0 Å². The van der Waals surface area contributed by atoms with Gasteiger partial charge in [-0.1, -0.05) is 18.2 Å². The average molecular weight is 295 g/mol. The summed E-state index contributed by atoms with van der Waals surface area (Å²) >= 11 is 0. The molecule has 2 heterocycles. The first-order valence-electron chi connectivity index (χ1n) is 7.07. The highest BCUT2D eigenvalue weighted by Crippen LogP contribution is 2.28. The molecule has 0 aliphatic rings. The number of pyridine rings is 1. The van der Waals surface area contributed by atoms with Gasteiger partial charge < -0.3 is 9.30 Å². The van der Waals surface area contributed by atoms with E-state index in [1.165, 1.54) is 7.11 Å². The Morgan fingerprint density at radius 2 is 2.05 bits per heavy atom. The van der Waals surface area contributed by atoms with Crippen molar-refractivity contribution < 1.29 is 9.53 Å². The molecule has 0 N–H and O–H groups in total. The van der Waals surface area contributed by atoms with Crippen molar-refractivity contribution in [1.82, 2.24) is 14.5 Å². The number of nitrogens with zero attached hydrogens (tertiary/aromatic N) is 3. The Morgan fingerprint density at radius 3 is 2.73 bits per heavy atom. The second-order valence-electron chi connectivity index (χ2n) is 5.14. The van der Waals surface area contributed by atoms with Gasteiger partial charge in [-0.05, 0) is 19.9 Å². The number of hydrogen-bond donors (Lipinski definition) is 0. The van der Waals surface area contributed by atoms with Crippen LogP contribution in [0.2, 0.25) is 0 Å². The molecular formula is C17H17N3O2. The molecule has 112 valence electrons. The van der Waals surface area contributed by atoms with Crippen molar-refractivity contribution in [2.45, 2.75) is 20.3 Å². The van der Waals surface area contributed by atoms with E-state index in [-0.39, 0.29) is 12.4 Å². The molecule has 0 amide bonds. The van der Waals surface area contributed by atoms with Gasteiger partial charge in [-0.3, -0.25) is 9.78 Å². The van der Waals surface area contributed by atoms with Gasteiger partial charge in [-0.25, -0.2) is 4.98 Å². The molecule has 22 heavy (non-hydrogen) atoms. The van der Waals surface area contributed by atoms with Gasteiger partial charge in [-0.2, -0.15) is 0 Å². The fourth-order valence-electron chi connectivity index (χ4n) is 2.67. The molecule has 0 aliphatic carbocycles. The zero-order valence-electron chi connectivity index (χ0n) is 12.8. The van der Waals surface area contributed by atoms with Crippen LogP contribution in [0, 0.1) is 13.8 Å². The predicted molar refractivity (Wildman–Crippen MR) is 84.1 cm³/mol. The van der Waals surface area contributed by atoms with Crippen LogP contribution in [0.25, 0.3) is 16.6 Å². The summed E-state index contributed by atoms with van der Waals surface area (Å²) in [6, 6.07) is 7.91. The summed E-state index contributed by atoms with van der Waals surface area (Å²) in [4.78, 5) is 20.7. The fraction of sp³-hybridized carbons (Fsp3) is 0.235. The third-order valence-corrected chi connectivity index (χ3v) is 3.79. The molecule has 0 unspecified atom stereocenters. The number of carbonyl (C=O) groups is 1. The predicted octanol–water partition coefficient (Wildman–Crippen LogP) is 2.75. The minimum atomic E-state index is -0.279. The number of aromatic nitrogens is 3. The van der Waals surface area contributed by atoms with E-state index in [0.717, 1.165) is 33.7 Å². The molecule has 0 fully saturated rings. The largest absolute Gasteiger partial charge is 0.469 e. The first-order chi connectivity index (χ1) is 10.6. The van der Waals surface area contributed by atoms with Crippen LogP contribution in [0.4, 0.5) is 0 Å². The maximum absolute atomic E-state index is 11.8. The first-order valence-corrected chi connectivity index (χ1v) is 7.07. The topological polar surface area (TPSA) is 57.0 Å². The highest BCUT2D eigenvalue weighted by atomic mass is 16.5. The molecule has 3 rings (SSSR count). The number of aryl methyl sites for hydroxylation is 2. The van der Waals surface area contributed by atoms with E-state index in [4.69, 9.17) is 4.74 Å². The lowest BCUT2D eigenvalue weighted by Crippen LogP contribution is -2.12. The minimum Gasteiger partial charge on any atom is -0.469 e. The lowest BCUT2D eigenvalue weighted by atomic mass is 10.0. The van der Waals surface area contributed by atoms with Gasteiger partial charge in [0.2, 0.25) is 0 Å². The quantitative estimate of drug-likeness (QED) is 0.697. The van der Waals surface area contributed by atoms with Crippen LogP contribution in [0.3, 0.4) is 0 Å². The van der Waals surface area contributed by atoms with Crippen LogP contribution < -0.4 is 0 Å². The third-order valence-electron chi connectivity index (χ3n) is 3.79. The molecule has 0 aliphatic heterocycles. The van der Waals surface area contributed by atoms with Crippen molar-refractivity contribution >= 4 is 16.9 Å². The normalized spacial score (nSPS) is 10.9. The molecule has 0 radical (unpaired) electrons. The van der Waals surface area contributed by atoms with E-state index < -0.39 is 0 Å². The van der Waals surface area contributed by atoms with Gasteiger partial charge in [0.15, 0.2) is 0 Å². The molecule has 0 saturated carbocycles. The standard InChI is InChI=1S/C17H17N3O2/c1-11-14(10-16(21)22-3)17(20-9-8-18-12(20)2)13-6-4-5-7-15(13)19-11/h4-9H,10H2,1-3H3. The highest BCUT2D eigenvalue weighted by Gasteiger charge is 2.18. The van der Waals surface area contributed by atoms with Gasteiger partial charge in [-0.15, -0.1) is 0 Å². The van der Waals surface area contributed by atoms with Crippen molar-refractivity contribution in [2.24, 2.45) is 0 Å². The number of rotatable bonds is 3. The molecule has 5 nitrogen and oxygen atoms in total. The summed E-state index contributed by atoms with van der Waals surface area (Å²) in [6.07, 6.45) is 3.84. The van der Waals surface area contributed by atoms with Gasteiger partial charge in [0.25, 0.3) is 0 Å². The van der Waals surface area contributed by atoms with Crippen molar-refractivity contribution in [2.75, 3.05) is 7.11 Å². The summed E-state index contributed by atoms with van der Waals surface area (Å²) < 4.78 is 6.83. The van der Waals surface area contributed by atoms with Gasteiger partial charge in [0.05, 0.1) is 24.7 Å². The van der Waals surface area contributed by atoms with Crippen molar-refractivity contribution in [3.63, 3.8) is 0 Å². The summed E-state index contributed by atoms with van der Waals surface area (Å²) in [5.41, 5.74) is 3.54. The van der Waals surface area contributed by atoms with E-state index >= 15 is 0 Å². The molecule has 3 aromatic rings. The molecule has 0 spiro atoms. The Hall–Kier alpha value is -2.69. The lowest BCUT2D eigenvalue weighted by Gasteiger charge is -2.16. The van der Waals surface area contributed by atoms with Gasteiger partial charge in [0.1, 0.15) is 5.82 Å². The van der Waals surface area contributed by atoms with E-state index in [1.807, 2.05) is 48.9 Å². The fourth-order valence-corrected chi connectivity index (χ4v) is 2.67. The molecule has 5 heteroatoms. The zero-order chi connectivity index (χ0) is 15.7. The van der Waals surface area contributed by atoms with Crippen LogP contribution in [-0.2, 0) is 16.0 Å². The smallest absolute Gasteiger partial charge is 0.310 e. The number of esters is 1. The van der Waals surface area contributed by atoms with Crippen molar-refractivity contribution in [3.8, 4) is 5.69 Å². The molecule has 1 aromatic carbocycles. The number of methoxy groups -OCH3 is 1. The number of imidazole rings is 1. The number of benzene rings is 1. The lowest BCUT2D eigenvalue weighted by molar-refractivity contribution is -0.139. The Balaban J connectivity index is 2.35. The molecule has 0 atom stereocenters. The second kappa shape index (κ2) is 5.60. The summed E-state index contributed by atoms with van der Waals surface area (Å²) in [7, 11) is 1.40. The van der Waals surface area contributed by atoms with Crippen LogP contribution in [0.15, 0.2) is 36.7 Å². The highest BCUT2D eigenvalue weighted by molar-refractivity contribution is 5.91. The van der Waals surface area contributed by atoms with E-state index in [0.29, 0.717) is 0 Å². The number of hydrogen-bond acceptors (Lipinski definition) is 4. The van der Waals surface area contributed by atoms with E-state index in [2.05, 4.69) is 9.97 Å². The third kappa shape index (κ3) is 2.35. The number of para-hydroxylation sites is 1. The summed E-state index contributed by atoms with van der Waals surface area (Å²) in [5, 5.41) is 0.994. The maximum Gasteiger partial charge on any atom is 0.310 e. The van der Waals surface area contributed by atoms with Crippen LogP contribution in [0.1, 0.15) is 17.1 Å². The molecular weight excluding hydrogens is 278 g/mol. The summed E-state index contributed by atoms with van der Waals surface area (Å²) in [6.45, 7) is 3.85. The van der Waals surface area contributed by atoms with Crippen LogP contribution >= 0.6 is 0 Å². The monoisotopic (exact) mass is 295 g/mol. The molecule has 2 aromatic heterocycles. The van der Waals surface area contributed by atoms with Crippen LogP contribution in [-0.4, -0.2) is 27.6 Å². The van der Waals surface area contributed by atoms with Crippen LogP contribution in [0.5, 0.6) is 0 Å². The molecule has 0 bridgehead atoms. The van der Waals surface area contributed by atoms with Crippen molar-refractivity contribution in [3.05, 3.63) is 53.7 Å². The van der Waals surface area contributed by atoms with Gasteiger partial charge >= 0.3 is 5.97 Å². The number of ether oxygens (including phenoxy) is 1. The Kier molecular flexibility index (Phi) is 3.63. The maximum atomic E-state index is 11.8. The molecule has 0 saturated heterocycles. The average Bonchev–Trinajstić information content (AvgIpc) is 2.93. The first kappa shape index (κ1) is 14.3. The summed E-state index contributed by atoms with van der Waals surface area (Å²) in [5.74, 6) is 0.584. The van der Waals surface area contributed by atoms with E-state index in [9.17, 15) is 4.79 Å². The minimum absolute atomic E-state index is 0.188. The second-order valence-corrected chi connectivity index (χ2v) is 5.14. The van der Waals surface area contributed by atoms with E-state index in [1.54, 1.807) is 6.20 Å². The Labute approximate surface area is 128 Å². The zero-order valence-corrected chi connectivity index (χ0v) is 12.8.